The molecule has 0 aliphatic rings. The predicted molar refractivity (Wildman–Crippen MR) is 235 cm³/mol. The molecule has 0 saturated carbocycles. The summed E-state index contributed by atoms with van der Waals surface area (Å²) < 4.78 is 32.6. The molecular formula is C47H89NO5S. The van der Waals surface area contributed by atoms with Gasteiger partial charge in [0.2, 0.25) is 5.91 Å². The topological polar surface area (TPSA) is 104 Å². The van der Waals surface area contributed by atoms with E-state index in [9.17, 15) is 22.9 Å². The fourth-order valence-corrected chi connectivity index (χ4v) is 7.78. The summed E-state index contributed by atoms with van der Waals surface area (Å²) in [5, 5.41) is 13.3. The summed E-state index contributed by atoms with van der Waals surface area (Å²) in [6.07, 6.45) is 54.3. The van der Waals surface area contributed by atoms with Crippen molar-refractivity contribution in [3.63, 3.8) is 0 Å². The van der Waals surface area contributed by atoms with Crippen molar-refractivity contribution in [1.82, 2.24) is 5.32 Å². The zero-order chi connectivity index (χ0) is 39.6. The third kappa shape index (κ3) is 41.7. The first-order valence-corrected chi connectivity index (χ1v) is 24.8. The van der Waals surface area contributed by atoms with Crippen LogP contribution < -0.4 is 5.32 Å². The molecule has 0 bridgehead atoms. The molecular weight excluding hydrogens is 691 g/mol. The molecule has 0 heterocycles. The third-order valence-electron chi connectivity index (χ3n) is 10.5. The molecule has 0 aromatic rings. The Balaban J connectivity index is 3.88. The van der Waals surface area contributed by atoms with Crippen LogP contribution in [0.4, 0.5) is 0 Å². The third-order valence-corrected chi connectivity index (χ3v) is 11.3. The molecule has 2 unspecified atom stereocenters. The van der Waals surface area contributed by atoms with Crippen LogP contribution in [0.1, 0.15) is 239 Å². The quantitative estimate of drug-likeness (QED) is 0.0325. The molecule has 0 rings (SSSR count). The van der Waals surface area contributed by atoms with E-state index in [4.69, 9.17) is 0 Å². The minimum Gasteiger partial charge on any atom is -0.387 e. The number of aliphatic hydroxyl groups is 1. The SMILES string of the molecule is CCCCCCCCCC/C=C\CCCCCCCCCCCC(=O)NC(CS(=O)(=O)O)C(O)/C=C/CC/C=C/CCCCCCCCCCCCCC. The van der Waals surface area contributed by atoms with E-state index in [0.29, 0.717) is 0 Å². The highest BCUT2D eigenvalue weighted by atomic mass is 32.2. The van der Waals surface area contributed by atoms with Crippen molar-refractivity contribution < 1.29 is 22.9 Å². The molecule has 6 nitrogen and oxygen atoms in total. The average Bonchev–Trinajstić information content (AvgIpc) is 3.14. The van der Waals surface area contributed by atoms with E-state index in [1.54, 1.807) is 0 Å². The lowest BCUT2D eigenvalue weighted by Gasteiger charge is -2.21. The number of hydrogen-bond acceptors (Lipinski definition) is 4. The Morgan fingerprint density at radius 3 is 1.17 bits per heavy atom. The molecule has 0 spiro atoms. The number of allylic oxidation sites excluding steroid dienone is 5. The van der Waals surface area contributed by atoms with Gasteiger partial charge >= 0.3 is 0 Å². The van der Waals surface area contributed by atoms with Crippen molar-refractivity contribution in [2.75, 3.05) is 5.75 Å². The van der Waals surface area contributed by atoms with Crippen molar-refractivity contribution in [3.8, 4) is 0 Å². The van der Waals surface area contributed by atoms with Crippen molar-refractivity contribution in [3.05, 3.63) is 36.5 Å². The van der Waals surface area contributed by atoms with Crippen molar-refractivity contribution in [2.24, 2.45) is 0 Å². The molecule has 0 radical (unpaired) electrons. The van der Waals surface area contributed by atoms with Crippen LogP contribution in [0.25, 0.3) is 0 Å². The fraction of sp³-hybridized carbons (Fsp3) is 0.851. The largest absolute Gasteiger partial charge is 0.387 e. The molecule has 7 heteroatoms. The minimum atomic E-state index is -4.36. The van der Waals surface area contributed by atoms with Gasteiger partial charge in [-0.25, -0.2) is 0 Å². The van der Waals surface area contributed by atoms with Gasteiger partial charge in [0.15, 0.2) is 0 Å². The Morgan fingerprint density at radius 1 is 0.481 bits per heavy atom. The van der Waals surface area contributed by atoms with Crippen LogP contribution in [0, 0.1) is 0 Å². The first-order chi connectivity index (χ1) is 26.3. The van der Waals surface area contributed by atoms with Gasteiger partial charge in [0.1, 0.15) is 0 Å². The van der Waals surface area contributed by atoms with Gasteiger partial charge in [0.25, 0.3) is 10.1 Å². The normalized spacial score (nSPS) is 13.5. The minimum absolute atomic E-state index is 0.287. The van der Waals surface area contributed by atoms with E-state index in [-0.39, 0.29) is 12.3 Å². The molecule has 0 fully saturated rings. The first kappa shape index (κ1) is 52.6. The van der Waals surface area contributed by atoms with Crippen LogP contribution in [0.5, 0.6) is 0 Å². The van der Waals surface area contributed by atoms with Gasteiger partial charge in [-0.2, -0.15) is 8.42 Å². The van der Waals surface area contributed by atoms with Crippen LogP contribution in [-0.2, 0) is 14.9 Å². The zero-order valence-corrected chi connectivity index (χ0v) is 36.4. The van der Waals surface area contributed by atoms with E-state index in [1.807, 2.05) is 6.08 Å². The molecule has 318 valence electrons. The van der Waals surface area contributed by atoms with Gasteiger partial charge in [-0.3, -0.25) is 9.35 Å². The smallest absolute Gasteiger partial charge is 0.267 e. The number of carbonyl (C=O) groups is 1. The lowest BCUT2D eigenvalue weighted by molar-refractivity contribution is -0.122. The van der Waals surface area contributed by atoms with Gasteiger partial charge in [0, 0.05) is 6.42 Å². The highest BCUT2D eigenvalue weighted by molar-refractivity contribution is 7.85. The fourth-order valence-electron chi connectivity index (χ4n) is 7.05. The molecule has 1 amide bonds. The van der Waals surface area contributed by atoms with Crippen LogP contribution in [0.15, 0.2) is 36.5 Å². The summed E-state index contributed by atoms with van der Waals surface area (Å²) in [6.45, 7) is 4.54. The molecule has 0 aliphatic carbocycles. The molecule has 0 aromatic heterocycles. The first-order valence-electron chi connectivity index (χ1n) is 23.2. The number of nitrogens with one attached hydrogen (secondary N) is 1. The highest BCUT2D eigenvalue weighted by Crippen LogP contribution is 2.15. The van der Waals surface area contributed by atoms with E-state index < -0.39 is 28.0 Å². The Bertz CT molecular complexity index is 992. The summed E-state index contributed by atoms with van der Waals surface area (Å²) in [5.74, 6) is -0.998. The lowest BCUT2D eigenvalue weighted by Crippen LogP contribution is -2.46. The van der Waals surface area contributed by atoms with Gasteiger partial charge in [-0.15, -0.1) is 0 Å². The highest BCUT2D eigenvalue weighted by Gasteiger charge is 2.24. The Kier molecular flexibility index (Phi) is 40.1. The molecule has 0 aromatic carbocycles. The number of unbranched alkanes of at least 4 members (excludes halogenated alkanes) is 30. The monoisotopic (exact) mass is 780 g/mol. The van der Waals surface area contributed by atoms with Gasteiger partial charge in [-0.1, -0.05) is 211 Å². The molecule has 2 atom stereocenters. The molecule has 3 N–H and O–H groups in total. The molecule has 54 heavy (non-hydrogen) atoms. The summed E-state index contributed by atoms with van der Waals surface area (Å²) in [7, 11) is -4.36. The van der Waals surface area contributed by atoms with E-state index in [1.165, 1.54) is 186 Å². The maximum Gasteiger partial charge on any atom is 0.267 e. The van der Waals surface area contributed by atoms with Gasteiger partial charge < -0.3 is 10.4 Å². The van der Waals surface area contributed by atoms with Gasteiger partial charge in [-0.05, 0) is 57.8 Å². The van der Waals surface area contributed by atoms with Crippen LogP contribution in [0.2, 0.25) is 0 Å². The number of hydrogen-bond donors (Lipinski definition) is 3. The van der Waals surface area contributed by atoms with Crippen LogP contribution >= 0.6 is 0 Å². The van der Waals surface area contributed by atoms with E-state index >= 15 is 0 Å². The van der Waals surface area contributed by atoms with Crippen molar-refractivity contribution >= 4 is 16.0 Å². The Hall–Kier alpha value is -1.44. The van der Waals surface area contributed by atoms with Gasteiger partial charge in [0.05, 0.1) is 17.9 Å². The summed E-state index contributed by atoms with van der Waals surface area (Å²) in [6, 6.07) is -1.07. The number of aliphatic hydroxyl groups excluding tert-OH is 1. The number of amides is 1. The van der Waals surface area contributed by atoms with Crippen LogP contribution in [0.3, 0.4) is 0 Å². The second-order valence-electron chi connectivity index (χ2n) is 16.0. The van der Waals surface area contributed by atoms with E-state index in [0.717, 1.165) is 38.5 Å². The molecule has 0 aliphatic heterocycles. The number of rotatable bonds is 42. The second-order valence-corrected chi connectivity index (χ2v) is 17.5. The predicted octanol–water partition coefficient (Wildman–Crippen LogP) is 14.1. The average molecular weight is 780 g/mol. The van der Waals surface area contributed by atoms with Crippen molar-refractivity contribution in [1.29, 1.82) is 0 Å². The standard InChI is InChI=1S/C47H89NO5S/c1-3-5-7-9-11-13-15-17-19-21-23-24-25-27-29-31-33-35-37-39-41-43-47(50)48-45(44-54(51,52)53)46(49)42-40-38-36-34-32-30-28-26-22-20-18-16-14-12-10-8-6-4-2/h21,23,32,34,40,42,45-46,49H,3-20,22,24-31,33,35-39,41,43-44H2,1-2H3,(H,48,50)(H,51,52,53)/b23-21-,34-32+,42-40+. The number of carbonyl (C=O) groups excluding carboxylic acids is 1. The lowest BCUT2D eigenvalue weighted by atomic mass is 10.0. The Labute approximate surface area is 336 Å². The summed E-state index contributed by atoms with van der Waals surface area (Å²) >= 11 is 0. The summed E-state index contributed by atoms with van der Waals surface area (Å²) in [5.41, 5.74) is 0. The van der Waals surface area contributed by atoms with E-state index in [2.05, 4.69) is 43.5 Å². The maximum absolute atomic E-state index is 12.5. The molecule has 0 saturated heterocycles. The maximum atomic E-state index is 12.5. The second kappa shape index (κ2) is 41.2. The summed E-state index contributed by atoms with van der Waals surface area (Å²) in [4.78, 5) is 12.5. The Morgan fingerprint density at radius 2 is 0.796 bits per heavy atom. The van der Waals surface area contributed by atoms with Crippen molar-refractivity contribution in [2.45, 2.75) is 251 Å². The zero-order valence-electron chi connectivity index (χ0n) is 35.6. The van der Waals surface area contributed by atoms with Crippen LogP contribution in [-0.4, -0.2) is 41.9 Å².